The van der Waals surface area contributed by atoms with Gasteiger partial charge in [0.05, 0.1) is 12.2 Å². The summed E-state index contributed by atoms with van der Waals surface area (Å²) in [6.07, 6.45) is 0. The highest BCUT2D eigenvalue weighted by Crippen LogP contribution is 2.32. The summed E-state index contributed by atoms with van der Waals surface area (Å²) >= 11 is 6.98. The molecule has 0 spiro atoms. The van der Waals surface area contributed by atoms with E-state index in [2.05, 4.69) is 37.2 Å². The Balaban J connectivity index is 1.52. The Morgan fingerprint density at radius 2 is 1.70 bits per heavy atom. The topological polar surface area (TPSA) is 65.8 Å². The van der Waals surface area contributed by atoms with Crippen LogP contribution in [0, 0.1) is 13.8 Å². The van der Waals surface area contributed by atoms with Gasteiger partial charge in [-0.15, -0.1) is 0 Å². The minimum Gasteiger partial charge on any atom is -0.456 e. The lowest BCUT2D eigenvalue weighted by Crippen LogP contribution is -2.50. The Kier molecular flexibility index (Phi) is 6.39. The summed E-state index contributed by atoms with van der Waals surface area (Å²) in [5.41, 5.74) is 1.83. The monoisotopic (exact) mass is 497 g/mol. The highest BCUT2D eigenvalue weighted by atomic mass is 79.9. The first kappa shape index (κ1) is 20.1. The van der Waals surface area contributed by atoms with Crippen LogP contribution in [0.4, 0.5) is 5.69 Å². The van der Waals surface area contributed by atoms with Crippen molar-refractivity contribution in [1.82, 2.24) is 9.80 Å². The molecule has 0 aliphatic carbocycles. The lowest BCUT2D eigenvalue weighted by atomic mass is 10.2. The van der Waals surface area contributed by atoms with Crippen LogP contribution >= 0.6 is 31.9 Å². The Hall–Kier alpha value is -1.64. The summed E-state index contributed by atoms with van der Waals surface area (Å²) < 4.78 is 7.09. The van der Waals surface area contributed by atoms with Gasteiger partial charge in [0.25, 0.3) is 5.91 Å². The predicted octanol–water partition coefficient (Wildman–Crippen LogP) is 3.82. The predicted molar refractivity (Wildman–Crippen MR) is 111 cm³/mol. The minimum atomic E-state index is -0.0975. The molecule has 1 aromatic heterocycles. The molecule has 1 aliphatic rings. The van der Waals surface area contributed by atoms with Crippen LogP contribution in [0.1, 0.15) is 21.9 Å². The maximum atomic E-state index is 12.4. The molecule has 8 heteroatoms. The molecule has 144 valence electrons. The summed E-state index contributed by atoms with van der Waals surface area (Å²) in [6, 6.07) is 7.41. The largest absolute Gasteiger partial charge is 0.456 e. The molecule has 27 heavy (non-hydrogen) atoms. The maximum Gasteiger partial charge on any atom is 0.289 e. The molecule has 2 heterocycles. The Morgan fingerprint density at radius 3 is 2.26 bits per heavy atom. The Bertz CT molecular complexity index is 835. The summed E-state index contributed by atoms with van der Waals surface area (Å²) in [4.78, 5) is 28.6. The number of nitrogens with zero attached hydrogens (tertiary/aromatic N) is 2. The summed E-state index contributed by atoms with van der Waals surface area (Å²) in [6.45, 7) is 6.54. The average Bonchev–Trinajstić information content (AvgIpc) is 3.04. The number of hydrogen-bond donors (Lipinski definition) is 1. The number of hydrogen-bond acceptors (Lipinski definition) is 4. The SMILES string of the molecule is Cc1cc(Br)c(NC(=O)CN2CCN(C(=O)c3ccc(C)o3)CC2)c(Br)c1. The van der Waals surface area contributed by atoms with Crippen LogP contribution in [0.25, 0.3) is 0 Å². The maximum absolute atomic E-state index is 12.4. The van der Waals surface area contributed by atoms with E-state index in [9.17, 15) is 9.59 Å². The smallest absolute Gasteiger partial charge is 0.289 e. The first-order valence-electron chi connectivity index (χ1n) is 8.67. The first-order chi connectivity index (χ1) is 12.8. The first-order valence-corrected chi connectivity index (χ1v) is 10.3. The lowest BCUT2D eigenvalue weighted by Gasteiger charge is -2.33. The fourth-order valence-electron chi connectivity index (χ4n) is 3.02. The quantitative estimate of drug-likeness (QED) is 0.695. The third-order valence-corrected chi connectivity index (χ3v) is 5.68. The van der Waals surface area contributed by atoms with Gasteiger partial charge in [-0.05, 0) is 75.5 Å². The molecule has 0 unspecified atom stereocenters. The summed E-state index contributed by atoms with van der Waals surface area (Å²) in [5, 5.41) is 2.95. The number of rotatable bonds is 4. The van der Waals surface area contributed by atoms with Crippen LogP contribution in [0.5, 0.6) is 0 Å². The number of carbonyl (C=O) groups excluding carboxylic acids is 2. The van der Waals surface area contributed by atoms with E-state index in [-0.39, 0.29) is 18.4 Å². The zero-order valence-electron chi connectivity index (χ0n) is 15.2. The number of anilines is 1. The highest BCUT2D eigenvalue weighted by molar-refractivity contribution is 9.11. The fourth-order valence-corrected chi connectivity index (χ4v) is 4.63. The molecule has 0 atom stereocenters. The summed E-state index contributed by atoms with van der Waals surface area (Å²) in [7, 11) is 0. The minimum absolute atomic E-state index is 0.0818. The van der Waals surface area contributed by atoms with Crippen molar-refractivity contribution >= 4 is 49.4 Å². The van der Waals surface area contributed by atoms with Crippen LogP contribution in [0.2, 0.25) is 0 Å². The van der Waals surface area contributed by atoms with Crippen LogP contribution in [0.15, 0.2) is 37.6 Å². The van der Waals surface area contributed by atoms with E-state index in [1.165, 1.54) is 0 Å². The molecule has 2 amide bonds. The summed E-state index contributed by atoms with van der Waals surface area (Å²) in [5.74, 6) is 0.913. The molecular formula is C19H21Br2N3O3. The van der Waals surface area contributed by atoms with Gasteiger partial charge in [0.15, 0.2) is 5.76 Å². The Labute approximate surface area is 175 Å². The van der Waals surface area contributed by atoms with E-state index in [0.717, 1.165) is 26.0 Å². The van der Waals surface area contributed by atoms with Gasteiger partial charge in [-0.25, -0.2) is 0 Å². The van der Waals surface area contributed by atoms with Gasteiger partial charge in [0.1, 0.15) is 5.76 Å². The van der Waals surface area contributed by atoms with Crippen molar-refractivity contribution in [3.8, 4) is 0 Å². The number of amides is 2. The van der Waals surface area contributed by atoms with Crippen LogP contribution in [0.3, 0.4) is 0 Å². The number of benzene rings is 1. The van der Waals surface area contributed by atoms with Gasteiger partial charge in [0, 0.05) is 35.1 Å². The molecule has 2 aromatic rings. The Morgan fingerprint density at radius 1 is 1.07 bits per heavy atom. The molecule has 1 N–H and O–H groups in total. The van der Waals surface area contributed by atoms with E-state index in [0.29, 0.717) is 31.9 Å². The average molecular weight is 499 g/mol. The molecule has 1 aromatic carbocycles. The van der Waals surface area contributed by atoms with E-state index in [1.807, 2.05) is 30.9 Å². The zero-order valence-corrected chi connectivity index (χ0v) is 18.4. The number of halogens is 2. The van der Waals surface area contributed by atoms with Crippen molar-refractivity contribution in [2.45, 2.75) is 13.8 Å². The van der Waals surface area contributed by atoms with Crippen molar-refractivity contribution in [2.24, 2.45) is 0 Å². The van der Waals surface area contributed by atoms with E-state index in [4.69, 9.17) is 4.42 Å². The number of aryl methyl sites for hydroxylation is 2. The molecule has 6 nitrogen and oxygen atoms in total. The van der Waals surface area contributed by atoms with E-state index in [1.54, 1.807) is 17.0 Å². The standard InChI is InChI=1S/C19H21Br2N3O3/c1-12-9-14(20)18(15(21)10-12)22-17(25)11-23-5-7-24(8-6-23)19(26)16-4-3-13(2)27-16/h3-4,9-10H,5-8,11H2,1-2H3,(H,22,25). The molecule has 0 radical (unpaired) electrons. The molecule has 1 saturated heterocycles. The van der Waals surface area contributed by atoms with Gasteiger partial charge in [-0.1, -0.05) is 0 Å². The zero-order chi connectivity index (χ0) is 19.6. The molecule has 1 fully saturated rings. The second-order valence-corrected chi connectivity index (χ2v) is 8.34. The molecule has 3 rings (SSSR count). The van der Waals surface area contributed by atoms with Crippen molar-refractivity contribution in [1.29, 1.82) is 0 Å². The second kappa shape index (κ2) is 8.58. The van der Waals surface area contributed by atoms with Crippen molar-refractivity contribution in [2.75, 3.05) is 38.0 Å². The number of piperazine rings is 1. The molecule has 0 bridgehead atoms. The second-order valence-electron chi connectivity index (χ2n) is 6.63. The van der Waals surface area contributed by atoms with E-state index < -0.39 is 0 Å². The van der Waals surface area contributed by atoms with Gasteiger partial charge in [-0.3, -0.25) is 14.5 Å². The van der Waals surface area contributed by atoms with Crippen molar-refractivity contribution < 1.29 is 14.0 Å². The van der Waals surface area contributed by atoms with Gasteiger partial charge >= 0.3 is 0 Å². The molecular weight excluding hydrogens is 478 g/mol. The fraction of sp³-hybridized carbons (Fsp3) is 0.368. The van der Waals surface area contributed by atoms with Crippen LogP contribution in [-0.2, 0) is 4.79 Å². The number of furan rings is 1. The molecule has 0 saturated carbocycles. The third-order valence-electron chi connectivity index (χ3n) is 4.43. The third kappa shape index (κ3) is 5.00. The van der Waals surface area contributed by atoms with Crippen LogP contribution < -0.4 is 5.32 Å². The van der Waals surface area contributed by atoms with Crippen molar-refractivity contribution in [3.63, 3.8) is 0 Å². The lowest BCUT2D eigenvalue weighted by molar-refractivity contribution is -0.117. The van der Waals surface area contributed by atoms with Gasteiger partial charge < -0.3 is 14.6 Å². The normalized spacial score (nSPS) is 15.0. The van der Waals surface area contributed by atoms with E-state index >= 15 is 0 Å². The molecule has 1 aliphatic heterocycles. The van der Waals surface area contributed by atoms with Crippen molar-refractivity contribution in [3.05, 3.63) is 50.3 Å². The van der Waals surface area contributed by atoms with Gasteiger partial charge in [-0.2, -0.15) is 0 Å². The number of carbonyl (C=O) groups is 2. The van der Waals surface area contributed by atoms with Gasteiger partial charge in [0.2, 0.25) is 5.91 Å². The van der Waals surface area contributed by atoms with Crippen LogP contribution in [-0.4, -0.2) is 54.3 Å². The highest BCUT2D eigenvalue weighted by Gasteiger charge is 2.25. The number of nitrogens with one attached hydrogen (secondary N) is 1.